The Kier molecular flexibility index (Phi) is 4.61. The van der Waals surface area contributed by atoms with Crippen molar-refractivity contribution < 1.29 is 9.26 Å². The molecule has 0 bridgehead atoms. The number of nitrogen functional groups attached to an aromatic ring is 1. The van der Waals surface area contributed by atoms with Crippen LogP contribution in [0.15, 0.2) is 65.9 Å². The molecule has 0 atom stereocenters. The maximum atomic E-state index is 5.86. The largest absolute Gasteiger partial charge is 0.488 e. The predicted molar refractivity (Wildman–Crippen MR) is 84.4 cm³/mol. The number of hydrogen-bond acceptors (Lipinski definition) is 4. The number of anilines is 1. The van der Waals surface area contributed by atoms with Gasteiger partial charge in [0.1, 0.15) is 18.1 Å². The second-order valence-electron chi connectivity index (χ2n) is 4.58. The van der Waals surface area contributed by atoms with E-state index in [0.717, 1.165) is 11.1 Å². The molecule has 4 nitrogen and oxygen atoms in total. The predicted octanol–water partition coefficient (Wildman–Crippen LogP) is 4.00. The normalized spacial score (nSPS) is 10.7. The number of aromatic nitrogens is 1. The molecule has 0 spiro atoms. The van der Waals surface area contributed by atoms with Gasteiger partial charge in [-0.1, -0.05) is 60.3 Å². The first kappa shape index (κ1) is 14.7. The average molecular weight is 282 g/mol. The van der Waals surface area contributed by atoms with Crippen LogP contribution in [0.2, 0.25) is 0 Å². The van der Waals surface area contributed by atoms with Gasteiger partial charge in [-0.05, 0) is 18.6 Å². The summed E-state index contributed by atoms with van der Waals surface area (Å²) < 4.78 is 10.6. The van der Waals surface area contributed by atoms with E-state index >= 15 is 0 Å². The number of allylic oxidation sites excluding steroid dienone is 3. The summed E-state index contributed by atoms with van der Waals surface area (Å²) >= 11 is 0. The molecule has 0 unspecified atom stereocenters. The van der Waals surface area contributed by atoms with Gasteiger partial charge in [-0.2, -0.15) is 0 Å². The molecule has 2 N–H and O–H groups in total. The van der Waals surface area contributed by atoms with Gasteiger partial charge in [-0.25, -0.2) is 0 Å². The van der Waals surface area contributed by atoms with E-state index < -0.39 is 0 Å². The SMILES string of the molecule is C=C/C=C\C(=C)OCc1noc(N)c1-c1ccc(C)cc1. The average Bonchev–Trinajstić information content (AvgIpc) is 2.85. The Labute approximate surface area is 124 Å². The highest BCUT2D eigenvalue weighted by atomic mass is 16.5. The molecule has 0 fully saturated rings. The Hall–Kier alpha value is -2.75. The third-order valence-corrected chi connectivity index (χ3v) is 2.94. The summed E-state index contributed by atoms with van der Waals surface area (Å²) in [5, 5.41) is 3.96. The van der Waals surface area contributed by atoms with Crippen LogP contribution in [0.1, 0.15) is 11.3 Å². The molecule has 21 heavy (non-hydrogen) atoms. The Morgan fingerprint density at radius 1 is 1.38 bits per heavy atom. The van der Waals surface area contributed by atoms with Crippen molar-refractivity contribution in [3.05, 3.63) is 72.7 Å². The van der Waals surface area contributed by atoms with Gasteiger partial charge < -0.3 is 15.0 Å². The van der Waals surface area contributed by atoms with Crippen LogP contribution in [-0.2, 0) is 11.3 Å². The Morgan fingerprint density at radius 3 is 2.76 bits per heavy atom. The van der Waals surface area contributed by atoms with Crippen LogP contribution >= 0.6 is 0 Å². The number of nitrogens with zero attached hydrogens (tertiary/aromatic N) is 1. The van der Waals surface area contributed by atoms with Gasteiger partial charge in [0.25, 0.3) is 0 Å². The molecule has 1 aromatic carbocycles. The van der Waals surface area contributed by atoms with Gasteiger partial charge in [0, 0.05) is 0 Å². The lowest BCUT2D eigenvalue weighted by atomic mass is 10.0. The van der Waals surface area contributed by atoms with Crippen LogP contribution in [0.4, 0.5) is 5.88 Å². The quantitative estimate of drug-likeness (QED) is 0.642. The maximum absolute atomic E-state index is 5.86. The lowest BCUT2D eigenvalue weighted by Gasteiger charge is -2.06. The summed E-state index contributed by atoms with van der Waals surface area (Å²) in [7, 11) is 0. The molecule has 2 aromatic rings. The molecule has 0 aliphatic carbocycles. The molecule has 0 radical (unpaired) electrons. The van der Waals surface area contributed by atoms with E-state index in [0.29, 0.717) is 11.5 Å². The molecule has 2 rings (SSSR count). The lowest BCUT2D eigenvalue weighted by Crippen LogP contribution is -1.95. The highest BCUT2D eigenvalue weighted by Crippen LogP contribution is 2.30. The Balaban J connectivity index is 2.18. The van der Waals surface area contributed by atoms with Crippen LogP contribution in [-0.4, -0.2) is 5.16 Å². The number of hydrogen-bond donors (Lipinski definition) is 1. The molecular weight excluding hydrogens is 264 g/mol. The van der Waals surface area contributed by atoms with Crippen LogP contribution in [0.3, 0.4) is 0 Å². The Bertz CT molecular complexity index is 667. The second kappa shape index (κ2) is 6.61. The third kappa shape index (κ3) is 3.63. The van der Waals surface area contributed by atoms with E-state index in [1.807, 2.05) is 31.2 Å². The number of nitrogens with two attached hydrogens (primary N) is 1. The first-order valence-corrected chi connectivity index (χ1v) is 6.53. The van der Waals surface area contributed by atoms with Crippen molar-refractivity contribution in [1.29, 1.82) is 0 Å². The van der Waals surface area contributed by atoms with Crippen LogP contribution < -0.4 is 5.73 Å². The minimum Gasteiger partial charge on any atom is -0.488 e. The van der Waals surface area contributed by atoms with Crippen molar-refractivity contribution in [3.63, 3.8) is 0 Å². The van der Waals surface area contributed by atoms with Gasteiger partial charge in [-0.3, -0.25) is 0 Å². The van der Waals surface area contributed by atoms with E-state index in [9.17, 15) is 0 Å². The van der Waals surface area contributed by atoms with Crippen LogP contribution in [0.5, 0.6) is 0 Å². The van der Waals surface area contributed by atoms with Crippen molar-refractivity contribution in [2.75, 3.05) is 5.73 Å². The minimum absolute atomic E-state index is 0.240. The zero-order valence-electron chi connectivity index (χ0n) is 12.0. The lowest BCUT2D eigenvalue weighted by molar-refractivity contribution is 0.204. The molecule has 0 saturated heterocycles. The third-order valence-electron chi connectivity index (χ3n) is 2.94. The molecule has 108 valence electrons. The standard InChI is InChI=1S/C17H18N2O2/c1-4-5-6-13(3)20-11-15-16(17(18)21-19-15)14-9-7-12(2)8-10-14/h4-10H,1,3,11,18H2,2H3/b6-5-. The van der Waals surface area contributed by atoms with E-state index in [1.165, 1.54) is 5.56 Å². The summed E-state index contributed by atoms with van der Waals surface area (Å²) in [6.45, 7) is 9.64. The van der Waals surface area contributed by atoms with Crippen molar-refractivity contribution in [2.24, 2.45) is 0 Å². The maximum Gasteiger partial charge on any atom is 0.230 e. The topological polar surface area (TPSA) is 61.3 Å². The fourth-order valence-corrected chi connectivity index (χ4v) is 1.85. The highest BCUT2D eigenvalue weighted by molar-refractivity contribution is 5.75. The molecule has 4 heteroatoms. The first-order chi connectivity index (χ1) is 10.1. The summed E-state index contributed by atoms with van der Waals surface area (Å²) in [6, 6.07) is 7.98. The number of aryl methyl sites for hydroxylation is 1. The van der Waals surface area contributed by atoms with Crippen LogP contribution in [0.25, 0.3) is 11.1 Å². The highest BCUT2D eigenvalue weighted by Gasteiger charge is 2.16. The summed E-state index contributed by atoms with van der Waals surface area (Å²) in [4.78, 5) is 0. The first-order valence-electron chi connectivity index (χ1n) is 6.53. The molecule has 1 aromatic heterocycles. The van der Waals surface area contributed by atoms with E-state index in [1.54, 1.807) is 18.2 Å². The number of ether oxygens (including phenoxy) is 1. The second-order valence-corrected chi connectivity index (χ2v) is 4.58. The van der Waals surface area contributed by atoms with Crippen molar-refractivity contribution in [1.82, 2.24) is 5.16 Å². The molecule has 0 aliphatic heterocycles. The molecular formula is C17H18N2O2. The fourth-order valence-electron chi connectivity index (χ4n) is 1.85. The number of rotatable bonds is 6. The van der Waals surface area contributed by atoms with Gasteiger partial charge >= 0.3 is 0 Å². The zero-order valence-corrected chi connectivity index (χ0v) is 12.0. The smallest absolute Gasteiger partial charge is 0.230 e. The van der Waals surface area contributed by atoms with Crippen molar-refractivity contribution in [3.8, 4) is 11.1 Å². The summed E-state index contributed by atoms with van der Waals surface area (Å²) in [5.41, 5.74) is 9.39. The minimum atomic E-state index is 0.240. The van der Waals surface area contributed by atoms with Gasteiger partial charge in [-0.15, -0.1) is 0 Å². The molecule has 0 amide bonds. The molecule has 1 heterocycles. The summed E-state index contributed by atoms with van der Waals surface area (Å²) in [5.74, 6) is 0.802. The number of benzene rings is 1. The van der Waals surface area contributed by atoms with Crippen molar-refractivity contribution >= 4 is 5.88 Å². The summed E-state index contributed by atoms with van der Waals surface area (Å²) in [6.07, 6.45) is 5.13. The van der Waals surface area contributed by atoms with Crippen LogP contribution in [0, 0.1) is 6.92 Å². The zero-order chi connectivity index (χ0) is 15.2. The van der Waals surface area contributed by atoms with Crippen molar-refractivity contribution in [2.45, 2.75) is 13.5 Å². The Morgan fingerprint density at radius 2 is 2.10 bits per heavy atom. The van der Waals surface area contributed by atoms with E-state index in [4.69, 9.17) is 15.0 Å². The molecule has 0 aliphatic rings. The fraction of sp³-hybridized carbons (Fsp3) is 0.118. The van der Waals surface area contributed by atoms with Gasteiger partial charge in [0.05, 0.1) is 5.56 Å². The van der Waals surface area contributed by atoms with E-state index in [-0.39, 0.29) is 12.5 Å². The van der Waals surface area contributed by atoms with Gasteiger partial charge in [0.2, 0.25) is 5.88 Å². The monoisotopic (exact) mass is 282 g/mol. The van der Waals surface area contributed by atoms with Gasteiger partial charge in [0.15, 0.2) is 0 Å². The van der Waals surface area contributed by atoms with E-state index in [2.05, 4.69) is 18.3 Å². The molecule has 0 saturated carbocycles.